The summed E-state index contributed by atoms with van der Waals surface area (Å²) in [5.41, 5.74) is 1.93. The first-order valence-electron chi connectivity index (χ1n) is 9.59. The number of carbonyl (C=O) groups excluding carboxylic acids is 3. The molecule has 160 valence electrons. The Labute approximate surface area is 176 Å². The van der Waals surface area contributed by atoms with Gasteiger partial charge in [0, 0.05) is 31.2 Å². The van der Waals surface area contributed by atoms with Gasteiger partial charge in [0.2, 0.25) is 11.8 Å². The summed E-state index contributed by atoms with van der Waals surface area (Å²) >= 11 is 0. The molecule has 3 heterocycles. The standard InChI is InChI=1S/C21H20FN5O4/c1-12(28)23-8-16-10-27(21(30)31-16)15-4-5-17(18(22)7-15)14-3-6-20-25-19(24-13(2)29)11-26(20)9-14/h3-7,9,11,16H,8,10H2,1-2H3,(H,23,28)(H,24,29)/t16-/m0/s1. The van der Waals surface area contributed by atoms with E-state index in [1.165, 1.54) is 24.8 Å². The van der Waals surface area contributed by atoms with E-state index < -0.39 is 18.0 Å². The number of ether oxygens (including phenoxy) is 1. The number of aromatic nitrogens is 2. The van der Waals surface area contributed by atoms with Crippen LogP contribution in [0.25, 0.3) is 16.8 Å². The van der Waals surface area contributed by atoms with Gasteiger partial charge in [0.25, 0.3) is 0 Å². The Bertz CT molecular complexity index is 1190. The Kier molecular flexibility index (Phi) is 5.28. The van der Waals surface area contributed by atoms with Gasteiger partial charge in [-0.05, 0) is 30.3 Å². The Morgan fingerprint density at radius 3 is 2.71 bits per heavy atom. The molecule has 1 atom stereocenters. The molecular formula is C21H20FN5O4. The van der Waals surface area contributed by atoms with Crippen molar-refractivity contribution in [1.29, 1.82) is 0 Å². The van der Waals surface area contributed by atoms with Crippen LogP contribution in [0.2, 0.25) is 0 Å². The lowest BCUT2D eigenvalue weighted by atomic mass is 10.1. The lowest BCUT2D eigenvalue weighted by Crippen LogP contribution is -2.33. The number of rotatable bonds is 5. The van der Waals surface area contributed by atoms with Gasteiger partial charge in [-0.25, -0.2) is 14.2 Å². The Morgan fingerprint density at radius 1 is 1.19 bits per heavy atom. The van der Waals surface area contributed by atoms with Gasteiger partial charge in [-0.1, -0.05) is 0 Å². The number of cyclic esters (lactones) is 1. The van der Waals surface area contributed by atoms with Crippen molar-refractivity contribution >= 4 is 35.1 Å². The van der Waals surface area contributed by atoms with Gasteiger partial charge in [-0.15, -0.1) is 0 Å². The summed E-state index contributed by atoms with van der Waals surface area (Å²) in [5, 5.41) is 5.21. The van der Waals surface area contributed by atoms with Crippen molar-refractivity contribution in [2.45, 2.75) is 20.0 Å². The summed E-state index contributed by atoms with van der Waals surface area (Å²) in [6, 6.07) is 7.95. The minimum absolute atomic E-state index is 0.198. The van der Waals surface area contributed by atoms with Crippen LogP contribution >= 0.6 is 0 Å². The molecule has 0 radical (unpaired) electrons. The predicted octanol–water partition coefficient (Wildman–Crippen LogP) is 2.56. The smallest absolute Gasteiger partial charge is 0.414 e. The topological polar surface area (TPSA) is 105 Å². The van der Waals surface area contributed by atoms with E-state index in [1.807, 2.05) is 0 Å². The van der Waals surface area contributed by atoms with E-state index in [2.05, 4.69) is 15.6 Å². The first-order valence-corrected chi connectivity index (χ1v) is 9.59. The molecule has 1 aromatic carbocycles. The van der Waals surface area contributed by atoms with E-state index in [0.29, 0.717) is 28.3 Å². The number of nitrogens with one attached hydrogen (secondary N) is 2. The van der Waals surface area contributed by atoms with E-state index in [0.717, 1.165) is 0 Å². The number of amides is 3. The third-order valence-corrected chi connectivity index (χ3v) is 4.78. The fourth-order valence-corrected chi connectivity index (χ4v) is 3.39. The lowest BCUT2D eigenvalue weighted by Gasteiger charge is -2.14. The average Bonchev–Trinajstić information content (AvgIpc) is 3.27. The van der Waals surface area contributed by atoms with Crippen LogP contribution in [0.4, 0.5) is 20.7 Å². The highest BCUT2D eigenvalue weighted by atomic mass is 19.1. The highest BCUT2D eigenvalue weighted by Gasteiger charge is 2.32. The minimum atomic E-state index is -0.590. The van der Waals surface area contributed by atoms with Crippen LogP contribution in [-0.4, -0.2) is 46.5 Å². The van der Waals surface area contributed by atoms with Gasteiger partial charge in [-0.2, -0.15) is 0 Å². The molecule has 1 saturated heterocycles. The number of carbonyl (C=O) groups is 3. The number of hydrogen-bond acceptors (Lipinski definition) is 5. The Hall–Kier alpha value is -3.95. The normalized spacial score (nSPS) is 15.8. The van der Waals surface area contributed by atoms with Crippen molar-refractivity contribution < 1.29 is 23.5 Å². The van der Waals surface area contributed by atoms with Gasteiger partial charge in [0.05, 0.1) is 25.0 Å². The number of fused-ring (bicyclic) bond motifs is 1. The van der Waals surface area contributed by atoms with Gasteiger partial charge in [0.15, 0.2) is 5.82 Å². The molecule has 0 saturated carbocycles. The van der Waals surface area contributed by atoms with E-state index >= 15 is 0 Å². The maximum atomic E-state index is 14.9. The van der Waals surface area contributed by atoms with Gasteiger partial charge in [0.1, 0.15) is 17.6 Å². The van der Waals surface area contributed by atoms with Crippen LogP contribution in [0, 0.1) is 5.82 Å². The van der Waals surface area contributed by atoms with Crippen LogP contribution in [0.15, 0.2) is 42.7 Å². The summed E-state index contributed by atoms with van der Waals surface area (Å²) in [5.74, 6) is -0.548. The molecular weight excluding hydrogens is 405 g/mol. The van der Waals surface area contributed by atoms with E-state index in [1.54, 1.807) is 41.1 Å². The van der Waals surface area contributed by atoms with Crippen molar-refractivity contribution in [3.05, 3.63) is 48.5 Å². The molecule has 31 heavy (non-hydrogen) atoms. The highest BCUT2D eigenvalue weighted by Crippen LogP contribution is 2.29. The maximum Gasteiger partial charge on any atom is 0.414 e. The molecule has 10 heteroatoms. The Morgan fingerprint density at radius 2 is 2.00 bits per heavy atom. The monoisotopic (exact) mass is 425 g/mol. The van der Waals surface area contributed by atoms with Gasteiger partial charge >= 0.3 is 6.09 Å². The van der Waals surface area contributed by atoms with Crippen LogP contribution in [-0.2, 0) is 14.3 Å². The molecule has 9 nitrogen and oxygen atoms in total. The minimum Gasteiger partial charge on any atom is -0.442 e. The molecule has 2 aromatic heterocycles. The highest BCUT2D eigenvalue weighted by molar-refractivity contribution is 5.90. The number of anilines is 2. The summed E-state index contributed by atoms with van der Waals surface area (Å²) in [4.78, 5) is 40.0. The van der Waals surface area contributed by atoms with Crippen LogP contribution in [0.5, 0.6) is 0 Å². The summed E-state index contributed by atoms with van der Waals surface area (Å²) in [6.45, 7) is 3.18. The zero-order valence-corrected chi connectivity index (χ0v) is 16.9. The third kappa shape index (κ3) is 4.32. The zero-order chi connectivity index (χ0) is 22.1. The zero-order valence-electron chi connectivity index (χ0n) is 16.9. The summed E-state index contributed by atoms with van der Waals surface area (Å²) in [6.07, 6.45) is 2.26. The maximum absolute atomic E-state index is 14.9. The predicted molar refractivity (Wildman–Crippen MR) is 111 cm³/mol. The first-order chi connectivity index (χ1) is 14.8. The number of imidazole rings is 1. The number of nitrogens with zero attached hydrogens (tertiary/aromatic N) is 3. The molecule has 0 bridgehead atoms. The lowest BCUT2D eigenvalue weighted by molar-refractivity contribution is -0.119. The molecule has 3 amide bonds. The molecule has 3 aromatic rings. The molecule has 1 aliphatic rings. The SMILES string of the molecule is CC(=O)NC[C@H]1CN(c2ccc(-c3ccc4nc(NC(C)=O)cn4c3)c(F)c2)C(=O)O1. The number of hydrogen-bond donors (Lipinski definition) is 2. The molecule has 1 aliphatic heterocycles. The largest absolute Gasteiger partial charge is 0.442 e. The number of halogens is 1. The quantitative estimate of drug-likeness (QED) is 0.654. The molecule has 1 fully saturated rings. The van der Waals surface area contributed by atoms with Crippen molar-refractivity contribution in [3.8, 4) is 11.1 Å². The Balaban J connectivity index is 1.55. The molecule has 0 spiro atoms. The number of pyridine rings is 1. The molecule has 2 N–H and O–H groups in total. The summed E-state index contributed by atoms with van der Waals surface area (Å²) < 4.78 is 21.8. The molecule has 4 rings (SSSR count). The van der Waals surface area contributed by atoms with E-state index in [4.69, 9.17) is 4.74 Å². The van der Waals surface area contributed by atoms with Crippen LogP contribution < -0.4 is 15.5 Å². The average molecular weight is 425 g/mol. The molecule has 0 aliphatic carbocycles. The third-order valence-electron chi connectivity index (χ3n) is 4.78. The second kappa shape index (κ2) is 8.05. The van der Waals surface area contributed by atoms with Crippen LogP contribution in [0.1, 0.15) is 13.8 Å². The van der Waals surface area contributed by atoms with Crippen LogP contribution in [0.3, 0.4) is 0 Å². The van der Waals surface area contributed by atoms with Gasteiger partial charge in [-0.3, -0.25) is 14.5 Å². The summed E-state index contributed by atoms with van der Waals surface area (Å²) in [7, 11) is 0. The first kappa shape index (κ1) is 20.3. The fourth-order valence-electron chi connectivity index (χ4n) is 3.39. The van der Waals surface area contributed by atoms with Crippen molar-refractivity contribution in [2.75, 3.05) is 23.3 Å². The van der Waals surface area contributed by atoms with Crippen molar-refractivity contribution in [1.82, 2.24) is 14.7 Å². The van der Waals surface area contributed by atoms with Crippen molar-refractivity contribution in [2.24, 2.45) is 0 Å². The molecule has 0 unspecified atom stereocenters. The second-order valence-electron chi connectivity index (χ2n) is 7.21. The second-order valence-corrected chi connectivity index (χ2v) is 7.21. The number of benzene rings is 1. The fraction of sp³-hybridized carbons (Fsp3) is 0.238. The van der Waals surface area contributed by atoms with E-state index in [-0.39, 0.29) is 24.9 Å². The van der Waals surface area contributed by atoms with Gasteiger partial charge < -0.3 is 19.8 Å². The van der Waals surface area contributed by atoms with Crippen molar-refractivity contribution in [3.63, 3.8) is 0 Å². The van der Waals surface area contributed by atoms with E-state index in [9.17, 15) is 18.8 Å².